The van der Waals surface area contributed by atoms with Gasteiger partial charge < -0.3 is 21.1 Å². The first-order valence-electron chi connectivity index (χ1n) is 8.66. The summed E-state index contributed by atoms with van der Waals surface area (Å²) in [5.41, 5.74) is 1.74. The van der Waals surface area contributed by atoms with Crippen LogP contribution >= 0.6 is 0 Å². The van der Waals surface area contributed by atoms with Crippen LogP contribution < -0.4 is 16.0 Å². The van der Waals surface area contributed by atoms with Crippen molar-refractivity contribution in [2.45, 2.75) is 0 Å². The van der Waals surface area contributed by atoms with Gasteiger partial charge in [0, 0.05) is 36.3 Å². The number of benzene rings is 2. The van der Waals surface area contributed by atoms with Gasteiger partial charge >= 0.3 is 0 Å². The summed E-state index contributed by atoms with van der Waals surface area (Å²) in [6.45, 7) is 0. The number of pyridine rings is 1. The van der Waals surface area contributed by atoms with Crippen LogP contribution in [-0.4, -0.2) is 34.9 Å². The van der Waals surface area contributed by atoms with Gasteiger partial charge in [0.25, 0.3) is 17.7 Å². The number of nitrogens with one attached hydrogen (secondary N) is 3. The van der Waals surface area contributed by atoms with Crippen molar-refractivity contribution in [2.75, 3.05) is 17.7 Å². The van der Waals surface area contributed by atoms with Crippen molar-refractivity contribution < 1.29 is 19.5 Å². The zero-order valence-electron chi connectivity index (χ0n) is 15.5. The second kappa shape index (κ2) is 8.66. The molecule has 146 valence electrons. The molecule has 0 atom stereocenters. The number of carbonyl (C=O) groups is 3. The van der Waals surface area contributed by atoms with E-state index in [1.165, 1.54) is 37.6 Å². The van der Waals surface area contributed by atoms with E-state index < -0.39 is 11.8 Å². The van der Waals surface area contributed by atoms with Crippen LogP contribution in [0.25, 0.3) is 0 Å². The molecular weight excluding hydrogens is 372 g/mol. The number of aromatic nitrogens is 1. The van der Waals surface area contributed by atoms with E-state index in [0.29, 0.717) is 16.8 Å². The van der Waals surface area contributed by atoms with Gasteiger partial charge in [-0.15, -0.1) is 0 Å². The first kappa shape index (κ1) is 19.6. The van der Waals surface area contributed by atoms with Gasteiger partial charge in [0.2, 0.25) is 0 Å². The van der Waals surface area contributed by atoms with E-state index in [2.05, 4.69) is 20.9 Å². The molecule has 2 aromatic carbocycles. The van der Waals surface area contributed by atoms with Crippen LogP contribution in [-0.2, 0) is 0 Å². The molecule has 0 unspecified atom stereocenters. The molecule has 0 aliphatic carbocycles. The number of hydrogen-bond donors (Lipinski definition) is 4. The fourth-order valence-electron chi connectivity index (χ4n) is 2.57. The van der Waals surface area contributed by atoms with Gasteiger partial charge in [-0.25, -0.2) is 0 Å². The average molecular weight is 390 g/mol. The number of phenolic OH excluding ortho intramolecular Hbond substituents is 1. The van der Waals surface area contributed by atoms with Gasteiger partial charge in [-0.3, -0.25) is 19.4 Å². The number of nitrogens with zero attached hydrogens (tertiary/aromatic N) is 1. The van der Waals surface area contributed by atoms with Gasteiger partial charge in [-0.1, -0.05) is 0 Å². The summed E-state index contributed by atoms with van der Waals surface area (Å²) in [5, 5.41) is 17.4. The maximum absolute atomic E-state index is 12.5. The lowest BCUT2D eigenvalue weighted by Gasteiger charge is -2.11. The standard InChI is InChI=1S/C21H18N4O4/c1-22-21(29)17-12-16(26)6-7-18(17)25-20(28)13-2-4-15(5-3-13)24-19(27)14-8-10-23-11-9-14/h2-12,26H,1H3,(H,22,29)(H,24,27)(H,25,28). The predicted octanol–water partition coefficient (Wildman–Crippen LogP) is 2.65. The minimum Gasteiger partial charge on any atom is -0.508 e. The Hall–Kier alpha value is -4.20. The zero-order valence-corrected chi connectivity index (χ0v) is 15.5. The van der Waals surface area contributed by atoms with Crippen molar-refractivity contribution in [3.63, 3.8) is 0 Å². The Morgan fingerprint density at radius 1 is 0.793 bits per heavy atom. The Bertz CT molecular complexity index is 1050. The number of aromatic hydroxyl groups is 1. The predicted molar refractivity (Wildman–Crippen MR) is 108 cm³/mol. The molecule has 0 fully saturated rings. The number of anilines is 2. The van der Waals surface area contributed by atoms with E-state index in [1.54, 1.807) is 36.4 Å². The molecular formula is C21H18N4O4. The van der Waals surface area contributed by atoms with Crippen LogP contribution in [0.1, 0.15) is 31.1 Å². The summed E-state index contributed by atoms with van der Waals surface area (Å²) >= 11 is 0. The highest BCUT2D eigenvalue weighted by molar-refractivity contribution is 6.09. The van der Waals surface area contributed by atoms with Crippen molar-refractivity contribution >= 4 is 29.1 Å². The van der Waals surface area contributed by atoms with Gasteiger partial charge in [-0.2, -0.15) is 0 Å². The lowest BCUT2D eigenvalue weighted by Crippen LogP contribution is -2.21. The first-order valence-corrected chi connectivity index (χ1v) is 8.66. The molecule has 29 heavy (non-hydrogen) atoms. The van der Waals surface area contributed by atoms with Crippen LogP contribution in [0.15, 0.2) is 67.0 Å². The second-order valence-electron chi connectivity index (χ2n) is 6.03. The van der Waals surface area contributed by atoms with Crippen LogP contribution in [0.2, 0.25) is 0 Å². The number of rotatable bonds is 5. The minimum absolute atomic E-state index is 0.0871. The molecule has 0 saturated carbocycles. The SMILES string of the molecule is CNC(=O)c1cc(O)ccc1NC(=O)c1ccc(NC(=O)c2ccncc2)cc1. The molecule has 0 bridgehead atoms. The zero-order chi connectivity index (χ0) is 20.8. The van der Waals surface area contributed by atoms with Crippen molar-refractivity contribution in [1.29, 1.82) is 0 Å². The molecule has 0 radical (unpaired) electrons. The molecule has 8 heteroatoms. The minimum atomic E-state index is -0.439. The molecule has 0 aliphatic rings. The summed E-state index contributed by atoms with van der Waals surface area (Å²) in [6, 6.07) is 13.6. The highest BCUT2D eigenvalue weighted by Gasteiger charge is 2.15. The normalized spacial score (nSPS) is 10.1. The molecule has 8 nitrogen and oxygen atoms in total. The van der Waals surface area contributed by atoms with Crippen LogP contribution in [0.3, 0.4) is 0 Å². The molecule has 0 aliphatic heterocycles. The lowest BCUT2D eigenvalue weighted by atomic mass is 10.1. The Kier molecular flexibility index (Phi) is 5.84. The number of carbonyl (C=O) groups excluding carboxylic acids is 3. The van der Waals surface area contributed by atoms with Crippen molar-refractivity contribution in [3.05, 3.63) is 83.7 Å². The molecule has 1 aromatic heterocycles. The fourth-order valence-corrected chi connectivity index (χ4v) is 2.57. The summed E-state index contributed by atoms with van der Waals surface area (Å²) in [7, 11) is 1.46. The van der Waals surface area contributed by atoms with E-state index >= 15 is 0 Å². The van der Waals surface area contributed by atoms with Crippen molar-refractivity contribution in [1.82, 2.24) is 10.3 Å². The maximum Gasteiger partial charge on any atom is 0.255 e. The Morgan fingerprint density at radius 2 is 1.41 bits per heavy atom. The molecule has 0 saturated heterocycles. The largest absolute Gasteiger partial charge is 0.508 e. The van der Waals surface area contributed by atoms with Gasteiger partial charge in [0.1, 0.15) is 5.75 Å². The topological polar surface area (TPSA) is 120 Å². The third-order valence-corrected chi connectivity index (χ3v) is 4.07. The third kappa shape index (κ3) is 4.75. The number of amides is 3. The fraction of sp³-hybridized carbons (Fsp3) is 0.0476. The monoisotopic (exact) mass is 390 g/mol. The molecule has 3 aromatic rings. The van der Waals surface area contributed by atoms with Crippen LogP contribution in [0.5, 0.6) is 5.75 Å². The summed E-state index contributed by atoms with van der Waals surface area (Å²) < 4.78 is 0. The number of phenols is 1. The number of hydrogen-bond acceptors (Lipinski definition) is 5. The Balaban J connectivity index is 1.71. The van der Waals surface area contributed by atoms with E-state index in [1.807, 2.05) is 0 Å². The van der Waals surface area contributed by atoms with Crippen LogP contribution in [0.4, 0.5) is 11.4 Å². The smallest absolute Gasteiger partial charge is 0.255 e. The molecule has 0 spiro atoms. The van der Waals surface area contributed by atoms with E-state index in [-0.39, 0.29) is 22.9 Å². The van der Waals surface area contributed by atoms with Gasteiger partial charge in [0.15, 0.2) is 0 Å². The Labute approximate surface area is 166 Å². The van der Waals surface area contributed by atoms with E-state index in [9.17, 15) is 19.5 Å². The molecule has 1 heterocycles. The summed E-state index contributed by atoms with van der Waals surface area (Å²) in [5.74, 6) is -1.25. The molecule has 4 N–H and O–H groups in total. The lowest BCUT2D eigenvalue weighted by molar-refractivity contribution is 0.0962. The van der Waals surface area contributed by atoms with Crippen molar-refractivity contribution in [3.8, 4) is 5.75 Å². The summed E-state index contributed by atoms with van der Waals surface area (Å²) in [6.07, 6.45) is 3.05. The first-order chi connectivity index (χ1) is 14.0. The maximum atomic E-state index is 12.5. The quantitative estimate of drug-likeness (QED) is 0.499. The third-order valence-electron chi connectivity index (χ3n) is 4.07. The summed E-state index contributed by atoms with van der Waals surface area (Å²) in [4.78, 5) is 40.5. The average Bonchev–Trinajstić information content (AvgIpc) is 2.75. The van der Waals surface area contributed by atoms with Gasteiger partial charge in [-0.05, 0) is 54.6 Å². The van der Waals surface area contributed by atoms with E-state index in [4.69, 9.17) is 0 Å². The van der Waals surface area contributed by atoms with Crippen molar-refractivity contribution in [2.24, 2.45) is 0 Å². The Morgan fingerprint density at radius 3 is 2.07 bits per heavy atom. The second-order valence-corrected chi connectivity index (χ2v) is 6.03. The highest BCUT2D eigenvalue weighted by atomic mass is 16.3. The molecule has 3 rings (SSSR count). The van der Waals surface area contributed by atoms with Crippen LogP contribution in [0, 0.1) is 0 Å². The van der Waals surface area contributed by atoms with Gasteiger partial charge in [0.05, 0.1) is 11.3 Å². The van der Waals surface area contributed by atoms with E-state index in [0.717, 1.165) is 0 Å². The molecule has 3 amide bonds. The highest BCUT2D eigenvalue weighted by Crippen LogP contribution is 2.22.